The molecule has 0 radical (unpaired) electrons. The predicted molar refractivity (Wildman–Crippen MR) is 81.5 cm³/mol. The first-order valence-corrected chi connectivity index (χ1v) is 7.24. The monoisotopic (exact) mass is 302 g/mol. The molecule has 1 aromatic carbocycles. The smallest absolute Gasteiger partial charge is 0.356 e. The highest BCUT2D eigenvalue weighted by Gasteiger charge is 2.15. The molecular weight excluding hydrogens is 288 g/mol. The van der Waals surface area contributed by atoms with Gasteiger partial charge >= 0.3 is 5.97 Å². The Morgan fingerprint density at radius 1 is 1.33 bits per heavy atom. The van der Waals surface area contributed by atoms with Crippen LogP contribution < -0.4 is 4.74 Å². The second-order valence-corrected chi connectivity index (χ2v) is 5.68. The van der Waals surface area contributed by atoms with Gasteiger partial charge in [0.05, 0.1) is 12.8 Å². The highest BCUT2D eigenvalue weighted by atomic mass is 32.1. The summed E-state index contributed by atoms with van der Waals surface area (Å²) in [6, 6.07) is 4.07. The van der Waals surface area contributed by atoms with E-state index in [4.69, 9.17) is 9.84 Å². The summed E-state index contributed by atoms with van der Waals surface area (Å²) in [5, 5.41) is 11.0. The topological polar surface area (TPSA) is 63.8 Å². The first kappa shape index (κ1) is 13.6. The van der Waals surface area contributed by atoms with E-state index < -0.39 is 5.97 Å². The molecular formula is C15H14N2O3S. The van der Waals surface area contributed by atoms with E-state index in [2.05, 4.69) is 4.98 Å². The standard InChI is InChI=1S/C15H14N2O3S/c1-8-4-10(5-9(2)13(8)20-3)12-7-21-15-16-11(14(18)19)6-17(12)15/h4-7H,1-3H3,(H,18,19). The second-order valence-electron chi connectivity index (χ2n) is 4.85. The van der Waals surface area contributed by atoms with Gasteiger partial charge in [0, 0.05) is 17.1 Å². The number of benzene rings is 1. The van der Waals surface area contributed by atoms with E-state index in [0.29, 0.717) is 4.96 Å². The van der Waals surface area contributed by atoms with Gasteiger partial charge in [-0.1, -0.05) is 0 Å². The Kier molecular flexibility index (Phi) is 3.17. The largest absolute Gasteiger partial charge is 0.496 e. The van der Waals surface area contributed by atoms with Crippen molar-refractivity contribution >= 4 is 22.3 Å². The van der Waals surface area contributed by atoms with Gasteiger partial charge < -0.3 is 9.84 Å². The number of hydrogen-bond acceptors (Lipinski definition) is 4. The first-order valence-electron chi connectivity index (χ1n) is 6.36. The van der Waals surface area contributed by atoms with Crippen LogP contribution in [0, 0.1) is 13.8 Å². The molecule has 0 aliphatic heterocycles. The van der Waals surface area contributed by atoms with Gasteiger partial charge in [0.25, 0.3) is 0 Å². The molecule has 0 spiro atoms. The summed E-state index contributed by atoms with van der Waals surface area (Å²) in [6.45, 7) is 3.99. The number of carboxylic acids is 1. The molecule has 0 atom stereocenters. The third-order valence-electron chi connectivity index (χ3n) is 3.39. The van der Waals surface area contributed by atoms with Crippen molar-refractivity contribution < 1.29 is 14.6 Å². The van der Waals surface area contributed by atoms with Gasteiger partial charge in [-0.25, -0.2) is 9.78 Å². The number of carboxylic acid groups (broad SMARTS) is 1. The van der Waals surface area contributed by atoms with Crippen LogP contribution in [0.25, 0.3) is 16.2 Å². The van der Waals surface area contributed by atoms with E-state index in [0.717, 1.165) is 28.1 Å². The van der Waals surface area contributed by atoms with Crippen LogP contribution in [-0.2, 0) is 0 Å². The molecule has 0 bridgehead atoms. The fourth-order valence-corrected chi connectivity index (χ4v) is 3.40. The summed E-state index contributed by atoms with van der Waals surface area (Å²) in [5.41, 5.74) is 4.11. The molecule has 0 saturated heterocycles. The molecule has 3 aromatic rings. The zero-order valence-corrected chi connectivity index (χ0v) is 12.7. The molecule has 0 aliphatic rings. The quantitative estimate of drug-likeness (QED) is 0.805. The average molecular weight is 302 g/mol. The lowest BCUT2D eigenvalue weighted by Gasteiger charge is -2.10. The van der Waals surface area contributed by atoms with Crippen LogP contribution in [0.1, 0.15) is 21.6 Å². The van der Waals surface area contributed by atoms with Crippen molar-refractivity contribution in [1.29, 1.82) is 0 Å². The van der Waals surface area contributed by atoms with Crippen LogP contribution in [0.15, 0.2) is 23.7 Å². The van der Waals surface area contributed by atoms with Gasteiger partial charge in [0.2, 0.25) is 0 Å². The molecule has 21 heavy (non-hydrogen) atoms. The van der Waals surface area contributed by atoms with Crippen LogP contribution in [0.2, 0.25) is 0 Å². The lowest BCUT2D eigenvalue weighted by atomic mass is 10.0. The number of imidazole rings is 1. The van der Waals surface area contributed by atoms with Crippen LogP contribution in [0.5, 0.6) is 5.75 Å². The summed E-state index contributed by atoms with van der Waals surface area (Å²) >= 11 is 1.43. The molecule has 6 heteroatoms. The molecule has 3 rings (SSSR count). The second kappa shape index (κ2) is 4.89. The Morgan fingerprint density at radius 2 is 2.00 bits per heavy atom. The lowest BCUT2D eigenvalue weighted by Crippen LogP contribution is -1.95. The number of hydrogen-bond donors (Lipinski definition) is 1. The molecule has 1 N–H and O–H groups in total. The maximum absolute atomic E-state index is 11.0. The predicted octanol–water partition coefficient (Wildman–Crippen LogP) is 3.39. The number of thiazole rings is 1. The Bertz CT molecular complexity index is 825. The number of aromatic carboxylic acids is 1. The summed E-state index contributed by atoms with van der Waals surface area (Å²) in [5.74, 6) is -0.138. The van der Waals surface area contributed by atoms with E-state index in [1.165, 1.54) is 11.3 Å². The van der Waals surface area contributed by atoms with Crippen LogP contribution >= 0.6 is 11.3 Å². The van der Waals surface area contributed by atoms with Gasteiger partial charge in [0.15, 0.2) is 10.7 Å². The molecule has 108 valence electrons. The van der Waals surface area contributed by atoms with Crippen molar-refractivity contribution in [2.45, 2.75) is 13.8 Å². The third kappa shape index (κ3) is 2.17. The lowest BCUT2D eigenvalue weighted by molar-refractivity contribution is 0.0691. The number of aryl methyl sites for hydroxylation is 2. The maximum atomic E-state index is 11.0. The normalized spacial score (nSPS) is 11.0. The molecule has 2 aromatic heterocycles. The number of methoxy groups -OCH3 is 1. The van der Waals surface area contributed by atoms with Crippen molar-refractivity contribution in [2.75, 3.05) is 7.11 Å². The molecule has 0 unspecified atom stereocenters. The van der Waals surface area contributed by atoms with Crippen molar-refractivity contribution in [3.63, 3.8) is 0 Å². The van der Waals surface area contributed by atoms with Crippen molar-refractivity contribution in [1.82, 2.24) is 9.38 Å². The SMILES string of the molecule is COc1c(C)cc(-c2csc3nc(C(=O)O)cn23)cc1C. The van der Waals surface area contributed by atoms with Gasteiger partial charge in [0.1, 0.15) is 5.75 Å². The minimum Gasteiger partial charge on any atom is -0.496 e. The van der Waals surface area contributed by atoms with Crippen LogP contribution in [0.3, 0.4) is 0 Å². The van der Waals surface area contributed by atoms with E-state index in [9.17, 15) is 4.79 Å². The molecule has 0 amide bonds. The van der Waals surface area contributed by atoms with E-state index in [1.807, 2.05) is 35.8 Å². The van der Waals surface area contributed by atoms with Gasteiger partial charge in [-0.15, -0.1) is 11.3 Å². The van der Waals surface area contributed by atoms with E-state index in [-0.39, 0.29) is 5.69 Å². The summed E-state index contributed by atoms with van der Waals surface area (Å²) in [6.07, 6.45) is 1.55. The number of carbonyl (C=O) groups is 1. The minimum absolute atomic E-state index is 0.0602. The summed E-state index contributed by atoms with van der Waals surface area (Å²) < 4.78 is 7.19. The average Bonchev–Trinajstić information content (AvgIpc) is 2.97. The highest BCUT2D eigenvalue weighted by molar-refractivity contribution is 7.15. The Hall–Kier alpha value is -2.34. The van der Waals surface area contributed by atoms with Gasteiger partial charge in [-0.3, -0.25) is 4.40 Å². The maximum Gasteiger partial charge on any atom is 0.356 e. The van der Waals surface area contributed by atoms with Crippen molar-refractivity contribution in [2.24, 2.45) is 0 Å². The van der Waals surface area contributed by atoms with Crippen LogP contribution in [-0.4, -0.2) is 27.6 Å². The number of ether oxygens (including phenoxy) is 1. The Morgan fingerprint density at radius 3 is 2.57 bits per heavy atom. The molecule has 5 nitrogen and oxygen atoms in total. The molecule has 0 aliphatic carbocycles. The molecule has 2 heterocycles. The zero-order valence-electron chi connectivity index (χ0n) is 11.9. The number of aromatic nitrogens is 2. The van der Waals surface area contributed by atoms with Crippen molar-refractivity contribution in [3.05, 3.63) is 40.5 Å². The van der Waals surface area contributed by atoms with E-state index in [1.54, 1.807) is 13.3 Å². The fourth-order valence-electron chi connectivity index (χ4n) is 2.51. The first-order chi connectivity index (χ1) is 10.0. The zero-order chi connectivity index (χ0) is 15.1. The summed E-state index contributed by atoms with van der Waals surface area (Å²) in [7, 11) is 1.66. The highest BCUT2D eigenvalue weighted by Crippen LogP contribution is 2.32. The fraction of sp³-hybridized carbons (Fsp3) is 0.200. The number of rotatable bonds is 3. The molecule has 0 saturated carbocycles. The number of nitrogens with zero attached hydrogens (tertiary/aromatic N) is 2. The van der Waals surface area contributed by atoms with Crippen LogP contribution in [0.4, 0.5) is 0 Å². The molecule has 0 fully saturated rings. The number of fused-ring (bicyclic) bond motifs is 1. The van der Waals surface area contributed by atoms with Gasteiger partial charge in [-0.2, -0.15) is 0 Å². The Labute approximate surface area is 125 Å². The Balaban J connectivity index is 2.18. The van der Waals surface area contributed by atoms with Gasteiger partial charge in [-0.05, 0) is 37.1 Å². The van der Waals surface area contributed by atoms with E-state index >= 15 is 0 Å². The summed E-state index contributed by atoms with van der Waals surface area (Å²) in [4.78, 5) is 15.8. The minimum atomic E-state index is -1.01. The van der Waals surface area contributed by atoms with Crippen molar-refractivity contribution in [3.8, 4) is 17.0 Å². The third-order valence-corrected chi connectivity index (χ3v) is 4.23.